The first-order valence-corrected chi connectivity index (χ1v) is 6.66. The van der Waals surface area contributed by atoms with Gasteiger partial charge in [0.1, 0.15) is 5.54 Å². The molecule has 0 spiro atoms. The van der Waals surface area contributed by atoms with Crippen LogP contribution >= 0.6 is 0 Å². The Kier molecular flexibility index (Phi) is 5.40. The van der Waals surface area contributed by atoms with E-state index >= 15 is 0 Å². The summed E-state index contributed by atoms with van der Waals surface area (Å²) in [5.74, 6) is 0.279. The maximum Gasteiger partial charge on any atom is 0.237 e. The lowest BCUT2D eigenvalue weighted by molar-refractivity contribution is -0.131. The zero-order valence-corrected chi connectivity index (χ0v) is 11.3. The van der Waals surface area contributed by atoms with Gasteiger partial charge in [-0.15, -0.1) is 0 Å². The van der Waals surface area contributed by atoms with Crippen molar-refractivity contribution in [1.82, 2.24) is 5.32 Å². The number of hydrogen-bond donors (Lipinski definition) is 2. The lowest BCUT2D eigenvalue weighted by atomic mass is 9.84. The van der Waals surface area contributed by atoms with E-state index in [1.165, 1.54) is 0 Å². The molecule has 3 N–H and O–H groups in total. The smallest absolute Gasteiger partial charge is 0.237 e. The number of carbonyl (C=O) groups is 1. The monoisotopic (exact) mass is 242 g/mol. The summed E-state index contributed by atoms with van der Waals surface area (Å²) < 4.78 is 5.68. The van der Waals surface area contributed by atoms with Gasteiger partial charge in [-0.2, -0.15) is 0 Å². The second-order valence-corrected chi connectivity index (χ2v) is 5.46. The van der Waals surface area contributed by atoms with Crippen molar-refractivity contribution in [1.29, 1.82) is 0 Å². The van der Waals surface area contributed by atoms with Gasteiger partial charge in [-0.05, 0) is 25.3 Å². The Hall–Kier alpha value is -0.610. The first-order chi connectivity index (χ1) is 8.00. The highest BCUT2D eigenvalue weighted by Crippen LogP contribution is 2.27. The number of rotatable bonds is 6. The number of carbonyl (C=O) groups excluding carboxylic acids is 1. The van der Waals surface area contributed by atoms with Gasteiger partial charge in [-0.25, -0.2) is 0 Å². The van der Waals surface area contributed by atoms with Gasteiger partial charge in [0.15, 0.2) is 0 Å². The van der Waals surface area contributed by atoms with Gasteiger partial charge >= 0.3 is 0 Å². The van der Waals surface area contributed by atoms with Crippen molar-refractivity contribution < 1.29 is 9.53 Å². The van der Waals surface area contributed by atoms with Crippen molar-refractivity contribution in [3.8, 4) is 0 Å². The summed E-state index contributed by atoms with van der Waals surface area (Å²) in [5.41, 5.74) is 5.04. The molecule has 0 aromatic heterocycles. The van der Waals surface area contributed by atoms with E-state index < -0.39 is 5.54 Å². The third kappa shape index (κ3) is 3.96. The molecule has 4 nitrogen and oxygen atoms in total. The second kappa shape index (κ2) is 6.36. The first-order valence-electron chi connectivity index (χ1n) is 6.66. The zero-order valence-electron chi connectivity index (χ0n) is 11.3. The quantitative estimate of drug-likeness (QED) is 0.740. The predicted octanol–water partition coefficient (Wildman–Crippen LogP) is 1.44. The molecule has 2 unspecified atom stereocenters. The molecule has 1 aliphatic heterocycles. The molecule has 0 aromatic rings. The molecule has 100 valence electrons. The molecule has 1 rings (SSSR count). The molecule has 0 aliphatic carbocycles. The SMILES string of the molecule is CCCC1CC(NCC(C)C)(C(N)=O)CCO1. The van der Waals surface area contributed by atoms with Crippen molar-refractivity contribution in [3.63, 3.8) is 0 Å². The van der Waals surface area contributed by atoms with Crippen molar-refractivity contribution >= 4 is 5.91 Å². The van der Waals surface area contributed by atoms with Crippen LogP contribution in [0.5, 0.6) is 0 Å². The van der Waals surface area contributed by atoms with Crippen molar-refractivity contribution in [2.45, 2.75) is 58.1 Å². The van der Waals surface area contributed by atoms with Crippen molar-refractivity contribution in [3.05, 3.63) is 0 Å². The van der Waals surface area contributed by atoms with Crippen LogP contribution < -0.4 is 11.1 Å². The van der Waals surface area contributed by atoms with Crippen LogP contribution in [-0.4, -0.2) is 30.7 Å². The molecule has 17 heavy (non-hydrogen) atoms. The number of primary amides is 1. The summed E-state index contributed by atoms with van der Waals surface area (Å²) in [4.78, 5) is 11.7. The topological polar surface area (TPSA) is 64.3 Å². The van der Waals surface area contributed by atoms with Crippen LogP contribution in [0, 0.1) is 5.92 Å². The van der Waals surface area contributed by atoms with E-state index in [9.17, 15) is 4.79 Å². The molecule has 1 fully saturated rings. The van der Waals surface area contributed by atoms with Crippen molar-refractivity contribution in [2.75, 3.05) is 13.2 Å². The Morgan fingerprint density at radius 2 is 2.29 bits per heavy atom. The third-order valence-corrected chi connectivity index (χ3v) is 3.39. The third-order valence-electron chi connectivity index (χ3n) is 3.39. The minimum absolute atomic E-state index is 0.168. The minimum Gasteiger partial charge on any atom is -0.378 e. The van der Waals surface area contributed by atoms with Gasteiger partial charge in [0.2, 0.25) is 5.91 Å². The maximum absolute atomic E-state index is 11.7. The van der Waals surface area contributed by atoms with Crippen LogP contribution in [0.2, 0.25) is 0 Å². The second-order valence-electron chi connectivity index (χ2n) is 5.46. The van der Waals surface area contributed by atoms with Gasteiger partial charge in [0.05, 0.1) is 6.10 Å². The largest absolute Gasteiger partial charge is 0.378 e. The molecule has 0 saturated carbocycles. The standard InChI is InChI=1S/C13H26N2O2/c1-4-5-11-8-13(12(14)16,6-7-17-11)15-9-10(2)3/h10-11,15H,4-9H2,1-3H3,(H2,14,16). The first kappa shape index (κ1) is 14.5. The Morgan fingerprint density at radius 3 is 2.82 bits per heavy atom. The summed E-state index contributed by atoms with van der Waals surface area (Å²) in [6.07, 6.45) is 3.64. The van der Waals surface area contributed by atoms with Crippen LogP contribution in [0.4, 0.5) is 0 Å². The van der Waals surface area contributed by atoms with E-state index in [1.807, 2.05) is 0 Å². The average molecular weight is 242 g/mol. The minimum atomic E-state index is -0.553. The fourth-order valence-corrected chi connectivity index (χ4v) is 2.33. The van der Waals surface area contributed by atoms with Crippen LogP contribution in [0.25, 0.3) is 0 Å². The number of nitrogens with one attached hydrogen (secondary N) is 1. The van der Waals surface area contributed by atoms with E-state index in [1.54, 1.807) is 0 Å². The number of nitrogens with two attached hydrogens (primary N) is 1. The van der Waals surface area contributed by atoms with E-state index in [0.717, 1.165) is 19.4 Å². The van der Waals surface area contributed by atoms with Crippen LogP contribution in [0.3, 0.4) is 0 Å². The molecule has 1 saturated heterocycles. The summed E-state index contributed by atoms with van der Waals surface area (Å²) >= 11 is 0. The molecular formula is C13H26N2O2. The van der Waals surface area contributed by atoms with Gasteiger partial charge in [-0.3, -0.25) is 4.79 Å². The molecule has 0 aromatic carbocycles. The highest BCUT2D eigenvalue weighted by Gasteiger charge is 2.41. The summed E-state index contributed by atoms with van der Waals surface area (Å²) in [5, 5.41) is 3.37. The number of amides is 1. The molecule has 2 atom stereocenters. The molecule has 1 aliphatic rings. The van der Waals surface area contributed by atoms with Crippen molar-refractivity contribution in [2.24, 2.45) is 11.7 Å². The van der Waals surface area contributed by atoms with Crippen LogP contribution in [0.15, 0.2) is 0 Å². The van der Waals surface area contributed by atoms with E-state index in [4.69, 9.17) is 10.5 Å². The van der Waals surface area contributed by atoms with Gasteiger partial charge in [0, 0.05) is 13.0 Å². The van der Waals surface area contributed by atoms with Crippen LogP contribution in [-0.2, 0) is 9.53 Å². The Labute approximate surface area is 104 Å². The molecule has 1 heterocycles. The summed E-state index contributed by atoms with van der Waals surface area (Å²) in [6.45, 7) is 7.83. The molecule has 1 amide bonds. The van der Waals surface area contributed by atoms with Gasteiger partial charge < -0.3 is 15.8 Å². The van der Waals surface area contributed by atoms with Gasteiger partial charge in [0.25, 0.3) is 0 Å². The van der Waals surface area contributed by atoms with E-state index in [0.29, 0.717) is 25.4 Å². The number of hydrogen-bond acceptors (Lipinski definition) is 3. The number of ether oxygens (including phenoxy) is 1. The maximum atomic E-state index is 11.7. The summed E-state index contributed by atoms with van der Waals surface area (Å²) in [7, 11) is 0. The lowest BCUT2D eigenvalue weighted by Crippen LogP contribution is -2.60. The normalized spacial score (nSPS) is 29.5. The fourth-order valence-electron chi connectivity index (χ4n) is 2.33. The summed E-state index contributed by atoms with van der Waals surface area (Å²) in [6, 6.07) is 0. The van der Waals surface area contributed by atoms with Crippen LogP contribution in [0.1, 0.15) is 46.5 Å². The average Bonchev–Trinajstić information content (AvgIpc) is 2.27. The van der Waals surface area contributed by atoms with E-state index in [-0.39, 0.29) is 12.0 Å². The Bertz CT molecular complexity index is 254. The Morgan fingerprint density at radius 1 is 1.59 bits per heavy atom. The molecule has 0 bridgehead atoms. The van der Waals surface area contributed by atoms with Gasteiger partial charge in [-0.1, -0.05) is 27.2 Å². The Balaban J connectivity index is 2.66. The van der Waals surface area contributed by atoms with E-state index in [2.05, 4.69) is 26.1 Å². The zero-order chi connectivity index (χ0) is 12.9. The molecule has 0 radical (unpaired) electrons. The molecule has 4 heteroatoms. The highest BCUT2D eigenvalue weighted by atomic mass is 16.5. The highest BCUT2D eigenvalue weighted by molar-refractivity contribution is 5.84. The lowest BCUT2D eigenvalue weighted by Gasteiger charge is -2.39. The fraction of sp³-hybridized carbons (Fsp3) is 0.923. The predicted molar refractivity (Wildman–Crippen MR) is 68.6 cm³/mol. The molecular weight excluding hydrogens is 216 g/mol.